The van der Waals surface area contributed by atoms with Gasteiger partial charge in [0.25, 0.3) is 0 Å². The minimum atomic E-state index is -3.75. The highest BCUT2D eigenvalue weighted by Gasteiger charge is 2.33. The molecule has 0 unspecified atom stereocenters. The van der Waals surface area contributed by atoms with Crippen LogP contribution in [-0.4, -0.2) is 58.8 Å². The summed E-state index contributed by atoms with van der Waals surface area (Å²) in [6, 6.07) is 7.15. The van der Waals surface area contributed by atoms with Crippen LogP contribution < -0.4 is 14.4 Å². The molecule has 0 radical (unpaired) electrons. The average molecular weight is 410 g/mol. The van der Waals surface area contributed by atoms with Crippen molar-refractivity contribution >= 4 is 33.0 Å². The van der Waals surface area contributed by atoms with E-state index in [1.54, 1.807) is 5.38 Å². The summed E-state index contributed by atoms with van der Waals surface area (Å²) in [5.41, 5.74) is 0.960. The summed E-state index contributed by atoms with van der Waals surface area (Å²) in [5, 5.41) is 1.59. The monoisotopic (exact) mass is 410 g/mol. The number of benzene rings is 1. The Kier molecular flexibility index (Phi) is 4.70. The van der Waals surface area contributed by atoms with Gasteiger partial charge < -0.3 is 19.1 Å². The zero-order valence-corrected chi connectivity index (χ0v) is 16.2. The van der Waals surface area contributed by atoms with E-state index in [-0.39, 0.29) is 16.6 Å². The fourth-order valence-electron chi connectivity index (χ4n) is 3.15. The smallest absolute Gasteiger partial charge is 0.349 e. The number of carbonyl (C=O) groups is 1. The third kappa shape index (κ3) is 3.24. The molecule has 3 heterocycles. The Bertz CT molecular complexity index is 964. The molecule has 0 spiro atoms. The van der Waals surface area contributed by atoms with Crippen molar-refractivity contribution in [3.8, 4) is 11.5 Å². The Morgan fingerprint density at radius 1 is 1.11 bits per heavy atom. The zero-order valence-electron chi connectivity index (χ0n) is 14.6. The highest BCUT2D eigenvalue weighted by molar-refractivity contribution is 7.89. The number of methoxy groups -OCH3 is 1. The van der Waals surface area contributed by atoms with Gasteiger partial charge in [0, 0.05) is 37.9 Å². The van der Waals surface area contributed by atoms with E-state index in [2.05, 4.69) is 9.64 Å². The maximum absolute atomic E-state index is 13.0. The van der Waals surface area contributed by atoms with Crippen LogP contribution in [0.4, 0.5) is 5.69 Å². The van der Waals surface area contributed by atoms with Crippen molar-refractivity contribution < 1.29 is 27.4 Å². The highest BCUT2D eigenvalue weighted by atomic mass is 32.2. The van der Waals surface area contributed by atoms with Gasteiger partial charge in [0.05, 0.1) is 7.11 Å². The molecule has 0 bridgehead atoms. The molecule has 0 aliphatic carbocycles. The third-order valence-electron chi connectivity index (χ3n) is 4.58. The summed E-state index contributed by atoms with van der Waals surface area (Å²) >= 11 is 1.07. The maximum Gasteiger partial charge on any atom is 0.349 e. The molecule has 0 amide bonds. The minimum Gasteiger partial charge on any atom is -0.465 e. The van der Waals surface area contributed by atoms with Crippen LogP contribution in [0.5, 0.6) is 11.5 Å². The molecule has 1 fully saturated rings. The lowest BCUT2D eigenvalue weighted by molar-refractivity contribution is 0.0602. The van der Waals surface area contributed by atoms with Crippen LogP contribution in [0.2, 0.25) is 0 Å². The second-order valence-corrected chi connectivity index (χ2v) is 8.86. The molecule has 2 aromatic rings. The van der Waals surface area contributed by atoms with Crippen LogP contribution in [0, 0.1) is 0 Å². The van der Waals surface area contributed by atoms with Gasteiger partial charge in [-0.3, -0.25) is 0 Å². The van der Waals surface area contributed by atoms with Crippen LogP contribution in [0.25, 0.3) is 0 Å². The van der Waals surface area contributed by atoms with Gasteiger partial charge in [-0.2, -0.15) is 4.31 Å². The normalized spacial score (nSPS) is 17.1. The van der Waals surface area contributed by atoms with Crippen LogP contribution in [0.15, 0.2) is 34.5 Å². The van der Waals surface area contributed by atoms with Gasteiger partial charge in [0.1, 0.15) is 9.77 Å². The van der Waals surface area contributed by atoms with E-state index < -0.39 is 16.0 Å². The molecule has 1 aromatic carbocycles. The molecule has 10 heteroatoms. The van der Waals surface area contributed by atoms with E-state index in [9.17, 15) is 13.2 Å². The maximum atomic E-state index is 13.0. The molecule has 0 saturated carbocycles. The first-order valence-corrected chi connectivity index (χ1v) is 10.6. The van der Waals surface area contributed by atoms with Crippen molar-refractivity contribution in [1.82, 2.24) is 4.31 Å². The average Bonchev–Trinajstić information content (AvgIpc) is 3.36. The number of thiophene rings is 1. The molecule has 4 rings (SSSR count). The van der Waals surface area contributed by atoms with E-state index in [1.807, 2.05) is 18.2 Å². The van der Waals surface area contributed by atoms with E-state index in [0.29, 0.717) is 37.7 Å². The topological polar surface area (TPSA) is 85.4 Å². The predicted octanol–water partition coefficient (Wildman–Crippen LogP) is 1.77. The van der Waals surface area contributed by atoms with E-state index in [1.165, 1.54) is 17.5 Å². The fourth-order valence-corrected chi connectivity index (χ4v) is 5.88. The van der Waals surface area contributed by atoms with Gasteiger partial charge in [0.15, 0.2) is 11.5 Å². The Morgan fingerprint density at radius 2 is 1.85 bits per heavy atom. The molecule has 2 aliphatic rings. The number of sulfonamides is 1. The van der Waals surface area contributed by atoms with Crippen LogP contribution in [-0.2, 0) is 14.8 Å². The van der Waals surface area contributed by atoms with Gasteiger partial charge in [-0.1, -0.05) is 0 Å². The van der Waals surface area contributed by atoms with Gasteiger partial charge in [0.2, 0.25) is 16.8 Å². The molecule has 27 heavy (non-hydrogen) atoms. The molecule has 1 aromatic heterocycles. The van der Waals surface area contributed by atoms with Crippen LogP contribution in [0.1, 0.15) is 9.67 Å². The molecular formula is C17H18N2O6S2. The first-order valence-electron chi connectivity index (χ1n) is 8.31. The number of esters is 1. The van der Waals surface area contributed by atoms with E-state index in [4.69, 9.17) is 9.47 Å². The second kappa shape index (κ2) is 7.02. The van der Waals surface area contributed by atoms with Crippen molar-refractivity contribution in [3.05, 3.63) is 34.5 Å². The summed E-state index contributed by atoms with van der Waals surface area (Å²) in [7, 11) is -2.51. The van der Waals surface area contributed by atoms with Gasteiger partial charge in [-0.25, -0.2) is 13.2 Å². The van der Waals surface area contributed by atoms with Crippen molar-refractivity contribution in [2.24, 2.45) is 0 Å². The predicted molar refractivity (Wildman–Crippen MR) is 99.2 cm³/mol. The molecule has 8 nitrogen and oxygen atoms in total. The second-order valence-electron chi connectivity index (χ2n) is 6.03. The number of ether oxygens (including phenoxy) is 3. The largest absolute Gasteiger partial charge is 0.465 e. The first-order chi connectivity index (χ1) is 13.0. The first kappa shape index (κ1) is 18.1. The molecule has 0 atom stereocenters. The van der Waals surface area contributed by atoms with Gasteiger partial charge in [-0.15, -0.1) is 11.3 Å². The summed E-state index contributed by atoms with van der Waals surface area (Å²) in [5.74, 6) is 0.777. The number of nitrogens with zero attached hydrogens (tertiary/aromatic N) is 2. The van der Waals surface area contributed by atoms with Crippen molar-refractivity contribution in [1.29, 1.82) is 0 Å². The zero-order chi connectivity index (χ0) is 19.0. The lowest BCUT2D eigenvalue weighted by Gasteiger charge is -2.35. The number of fused-ring (bicyclic) bond motifs is 1. The lowest BCUT2D eigenvalue weighted by atomic mass is 10.2. The third-order valence-corrected chi connectivity index (χ3v) is 7.54. The Morgan fingerprint density at radius 3 is 2.59 bits per heavy atom. The molecule has 144 valence electrons. The SMILES string of the molecule is COC(=O)c1sccc1S(=O)(=O)N1CCN(c2ccc3c(c2)OCO3)CC1. The summed E-state index contributed by atoms with van der Waals surface area (Å²) in [6.45, 7) is 1.95. The number of rotatable bonds is 4. The standard InChI is InChI=1S/C17H18N2O6S2/c1-23-17(20)16-15(4-9-26-16)27(21,22)19-7-5-18(6-8-19)12-2-3-13-14(10-12)25-11-24-13/h2-4,9-10H,5-8,11H2,1H3. The van der Waals surface area contributed by atoms with Gasteiger partial charge >= 0.3 is 5.97 Å². The van der Waals surface area contributed by atoms with Crippen molar-refractivity contribution in [2.75, 3.05) is 45.0 Å². The van der Waals surface area contributed by atoms with Gasteiger partial charge in [-0.05, 0) is 23.6 Å². The van der Waals surface area contributed by atoms with Crippen LogP contribution in [0.3, 0.4) is 0 Å². The quantitative estimate of drug-likeness (QED) is 0.710. The number of anilines is 1. The molecule has 1 saturated heterocycles. The van der Waals surface area contributed by atoms with Crippen LogP contribution >= 0.6 is 11.3 Å². The van der Waals surface area contributed by atoms with Crippen molar-refractivity contribution in [2.45, 2.75) is 4.90 Å². The molecular weight excluding hydrogens is 392 g/mol. The van der Waals surface area contributed by atoms with Crippen molar-refractivity contribution in [3.63, 3.8) is 0 Å². The van der Waals surface area contributed by atoms with E-state index in [0.717, 1.165) is 17.0 Å². The number of piperazine rings is 1. The highest BCUT2D eigenvalue weighted by Crippen LogP contribution is 2.36. The Balaban J connectivity index is 1.49. The number of carbonyl (C=O) groups excluding carboxylic acids is 1. The summed E-state index contributed by atoms with van der Waals surface area (Å²) in [6.07, 6.45) is 0. The summed E-state index contributed by atoms with van der Waals surface area (Å²) < 4.78 is 42.7. The summed E-state index contributed by atoms with van der Waals surface area (Å²) in [4.78, 5) is 14.0. The van der Waals surface area contributed by atoms with E-state index >= 15 is 0 Å². The Hall–Kier alpha value is -2.30. The minimum absolute atomic E-state index is 0.0101. The Labute approximate surface area is 160 Å². The molecule has 2 aliphatic heterocycles. The fraction of sp³-hybridized carbons (Fsp3) is 0.353. The molecule has 0 N–H and O–H groups in total. The lowest BCUT2D eigenvalue weighted by Crippen LogP contribution is -2.48. The number of hydrogen-bond donors (Lipinski definition) is 0. The number of hydrogen-bond acceptors (Lipinski definition) is 8.